The molecule has 0 atom stereocenters. The zero-order chi connectivity index (χ0) is 15.2. The molecule has 1 aromatic heterocycles. The van der Waals surface area contributed by atoms with Crippen LogP contribution in [-0.4, -0.2) is 24.7 Å². The van der Waals surface area contributed by atoms with Gasteiger partial charge in [0.15, 0.2) is 0 Å². The van der Waals surface area contributed by atoms with Crippen LogP contribution < -0.4 is 10.1 Å². The first-order valence-corrected chi connectivity index (χ1v) is 6.92. The van der Waals surface area contributed by atoms with Crippen molar-refractivity contribution < 1.29 is 14.1 Å². The summed E-state index contributed by atoms with van der Waals surface area (Å²) in [7, 11) is 1.61. The second-order valence-electron chi connectivity index (χ2n) is 4.89. The van der Waals surface area contributed by atoms with Gasteiger partial charge in [-0.2, -0.15) is 0 Å². The number of aromatic nitrogens is 1. The summed E-state index contributed by atoms with van der Waals surface area (Å²) in [5.74, 6) is 1.52. The quantitative estimate of drug-likeness (QED) is 0.885. The lowest BCUT2D eigenvalue weighted by molar-refractivity contribution is -0.120. The van der Waals surface area contributed by atoms with Crippen LogP contribution in [0.1, 0.15) is 22.6 Å². The number of carbonyl (C=O) groups is 1. The summed E-state index contributed by atoms with van der Waals surface area (Å²) in [6, 6.07) is 7.53. The summed E-state index contributed by atoms with van der Waals surface area (Å²) in [4.78, 5) is 12.0. The van der Waals surface area contributed by atoms with Gasteiger partial charge in [-0.1, -0.05) is 23.4 Å². The molecule has 0 aliphatic rings. The Bertz CT molecular complexity index is 600. The van der Waals surface area contributed by atoms with Gasteiger partial charge < -0.3 is 14.6 Å². The van der Waals surface area contributed by atoms with E-state index in [1.54, 1.807) is 7.11 Å². The Labute approximate surface area is 124 Å². The van der Waals surface area contributed by atoms with E-state index in [0.717, 1.165) is 34.8 Å². The number of carbonyl (C=O) groups excluding carboxylic acids is 1. The van der Waals surface area contributed by atoms with Gasteiger partial charge in [-0.25, -0.2) is 0 Å². The van der Waals surface area contributed by atoms with Crippen molar-refractivity contribution in [3.63, 3.8) is 0 Å². The van der Waals surface area contributed by atoms with Gasteiger partial charge in [0.25, 0.3) is 0 Å². The van der Waals surface area contributed by atoms with E-state index in [1.807, 2.05) is 38.1 Å². The lowest BCUT2D eigenvalue weighted by Gasteiger charge is -2.08. The summed E-state index contributed by atoms with van der Waals surface area (Å²) >= 11 is 0. The van der Waals surface area contributed by atoms with Gasteiger partial charge in [-0.3, -0.25) is 4.79 Å². The molecule has 1 aromatic carbocycles. The molecule has 2 rings (SSSR count). The van der Waals surface area contributed by atoms with Crippen LogP contribution in [0.5, 0.6) is 5.75 Å². The Kier molecular flexibility index (Phi) is 4.98. The van der Waals surface area contributed by atoms with Crippen LogP contribution in [0.25, 0.3) is 0 Å². The second-order valence-corrected chi connectivity index (χ2v) is 4.89. The molecular formula is C16H20N2O3. The molecule has 1 heterocycles. The summed E-state index contributed by atoms with van der Waals surface area (Å²) < 4.78 is 10.3. The summed E-state index contributed by atoms with van der Waals surface area (Å²) in [5, 5.41) is 6.81. The van der Waals surface area contributed by atoms with Gasteiger partial charge in [0.2, 0.25) is 5.91 Å². The van der Waals surface area contributed by atoms with Crippen LogP contribution in [0.4, 0.5) is 0 Å². The van der Waals surface area contributed by atoms with Gasteiger partial charge >= 0.3 is 0 Å². The first-order valence-electron chi connectivity index (χ1n) is 6.92. The van der Waals surface area contributed by atoms with E-state index in [4.69, 9.17) is 9.26 Å². The van der Waals surface area contributed by atoms with Crippen LogP contribution >= 0.6 is 0 Å². The van der Waals surface area contributed by atoms with Gasteiger partial charge in [-0.05, 0) is 26.3 Å². The number of benzene rings is 1. The highest BCUT2D eigenvalue weighted by Gasteiger charge is 2.10. The number of amides is 1. The smallest absolute Gasteiger partial charge is 0.224 e. The standard InChI is InChI=1S/C16H20N2O3/c1-11-14(12(2)21-18-11)8-9-17-16(19)10-13-6-4-5-7-15(13)20-3/h4-7H,8-10H2,1-3H3,(H,17,19). The molecule has 0 aliphatic carbocycles. The zero-order valence-corrected chi connectivity index (χ0v) is 12.6. The predicted octanol–water partition coefficient (Wildman–Crippen LogP) is 2.20. The largest absolute Gasteiger partial charge is 0.496 e. The highest BCUT2D eigenvalue weighted by atomic mass is 16.5. The molecule has 2 aromatic rings. The van der Waals surface area contributed by atoms with Crippen molar-refractivity contribution in [3.8, 4) is 5.75 Å². The summed E-state index contributed by atoms with van der Waals surface area (Å²) in [6.07, 6.45) is 1.03. The van der Waals surface area contributed by atoms with Crippen molar-refractivity contribution in [2.24, 2.45) is 0 Å². The molecule has 0 aliphatic heterocycles. The number of methoxy groups -OCH3 is 1. The van der Waals surface area contributed by atoms with E-state index >= 15 is 0 Å². The third-order valence-electron chi connectivity index (χ3n) is 3.42. The first-order chi connectivity index (χ1) is 10.1. The van der Waals surface area contributed by atoms with Crippen molar-refractivity contribution in [2.75, 3.05) is 13.7 Å². The maximum Gasteiger partial charge on any atom is 0.224 e. The van der Waals surface area contributed by atoms with Gasteiger partial charge in [0, 0.05) is 17.7 Å². The number of nitrogens with zero attached hydrogens (tertiary/aromatic N) is 1. The minimum Gasteiger partial charge on any atom is -0.496 e. The van der Waals surface area contributed by atoms with Crippen LogP contribution in [0.2, 0.25) is 0 Å². The van der Waals surface area contributed by atoms with E-state index in [-0.39, 0.29) is 5.91 Å². The average Bonchev–Trinajstić information content (AvgIpc) is 2.79. The van der Waals surface area contributed by atoms with E-state index < -0.39 is 0 Å². The number of nitrogens with one attached hydrogen (secondary N) is 1. The lowest BCUT2D eigenvalue weighted by atomic mass is 10.1. The number of para-hydroxylation sites is 1. The number of hydrogen-bond acceptors (Lipinski definition) is 4. The first kappa shape index (κ1) is 15.1. The van der Waals surface area contributed by atoms with Crippen LogP contribution in [-0.2, 0) is 17.6 Å². The molecule has 5 nitrogen and oxygen atoms in total. The molecule has 0 radical (unpaired) electrons. The number of rotatable bonds is 6. The van der Waals surface area contributed by atoms with E-state index in [0.29, 0.717) is 13.0 Å². The SMILES string of the molecule is COc1ccccc1CC(=O)NCCc1c(C)noc1C. The highest BCUT2D eigenvalue weighted by molar-refractivity contribution is 5.79. The topological polar surface area (TPSA) is 64.4 Å². The third kappa shape index (κ3) is 3.84. The molecule has 0 saturated heterocycles. The summed E-state index contributed by atoms with van der Waals surface area (Å²) in [6.45, 7) is 4.35. The fraction of sp³-hybridized carbons (Fsp3) is 0.375. The highest BCUT2D eigenvalue weighted by Crippen LogP contribution is 2.17. The Balaban J connectivity index is 1.85. The molecule has 1 N–H and O–H groups in total. The molecule has 0 fully saturated rings. The maximum absolute atomic E-state index is 12.0. The number of aryl methyl sites for hydroxylation is 2. The molecule has 1 amide bonds. The van der Waals surface area contributed by atoms with Gasteiger partial charge in [-0.15, -0.1) is 0 Å². The van der Waals surface area contributed by atoms with Gasteiger partial charge in [0.1, 0.15) is 11.5 Å². The molecule has 21 heavy (non-hydrogen) atoms. The Morgan fingerprint density at radius 1 is 1.33 bits per heavy atom. The van der Waals surface area contributed by atoms with Crippen molar-refractivity contribution >= 4 is 5.91 Å². The Morgan fingerprint density at radius 2 is 2.10 bits per heavy atom. The second kappa shape index (κ2) is 6.92. The molecule has 5 heteroatoms. The minimum atomic E-state index is -0.0220. The normalized spacial score (nSPS) is 10.4. The van der Waals surface area contributed by atoms with Crippen molar-refractivity contribution in [3.05, 3.63) is 46.8 Å². The minimum absolute atomic E-state index is 0.0220. The van der Waals surface area contributed by atoms with Crippen LogP contribution in [0.3, 0.4) is 0 Å². The van der Waals surface area contributed by atoms with Crippen LogP contribution in [0, 0.1) is 13.8 Å². The Morgan fingerprint density at radius 3 is 2.76 bits per heavy atom. The van der Waals surface area contributed by atoms with E-state index in [2.05, 4.69) is 10.5 Å². The third-order valence-corrected chi connectivity index (χ3v) is 3.42. The molecule has 0 unspecified atom stereocenters. The van der Waals surface area contributed by atoms with Crippen molar-refractivity contribution in [1.82, 2.24) is 10.5 Å². The van der Waals surface area contributed by atoms with Gasteiger partial charge in [0.05, 0.1) is 19.2 Å². The molecule has 0 saturated carbocycles. The number of ether oxygens (including phenoxy) is 1. The average molecular weight is 288 g/mol. The maximum atomic E-state index is 12.0. The Hall–Kier alpha value is -2.30. The molecule has 112 valence electrons. The molecule has 0 spiro atoms. The molecule has 0 bridgehead atoms. The fourth-order valence-electron chi connectivity index (χ4n) is 2.27. The van der Waals surface area contributed by atoms with Crippen molar-refractivity contribution in [2.45, 2.75) is 26.7 Å². The van der Waals surface area contributed by atoms with Crippen molar-refractivity contribution in [1.29, 1.82) is 0 Å². The monoisotopic (exact) mass is 288 g/mol. The van der Waals surface area contributed by atoms with Crippen LogP contribution in [0.15, 0.2) is 28.8 Å². The van der Waals surface area contributed by atoms with E-state index in [1.165, 1.54) is 0 Å². The zero-order valence-electron chi connectivity index (χ0n) is 12.6. The van der Waals surface area contributed by atoms with E-state index in [9.17, 15) is 4.79 Å². The lowest BCUT2D eigenvalue weighted by Crippen LogP contribution is -2.27. The predicted molar refractivity (Wildman–Crippen MR) is 79.4 cm³/mol. The number of hydrogen-bond donors (Lipinski definition) is 1. The summed E-state index contributed by atoms with van der Waals surface area (Å²) in [5.41, 5.74) is 2.83. The molecular weight excluding hydrogens is 268 g/mol. The fourth-order valence-corrected chi connectivity index (χ4v) is 2.27.